The summed E-state index contributed by atoms with van der Waals surface area (Å²) in [6.07, 6.45) is -0.685. The van der Waals surface area contributed by atoms with Gasteiger partial charge in [0.05, 0.1) is 29.2 Å². The Morgan fingerprint density at radius 1 is 1.14 bits per heavy atom. The number of aromatic nitrogens is 2. The first-order valence-corrected chi connectivity index (χ1v) is 6.31. The molecule has 3 N–H and O–H groups in total. The van der Waals surface area contributed by atoms with Crippen LogP contribution in [0.15, 0.2) is 36.7 Å². The fourth-order valence-electron chi connectivity index (χ4n) is 1.90. The molecule has 1 unspecified atom stereocenters. The van der Waals surface area contributed by atoms with Gasteiger partial charge in [0.15, 0.2) is 0 Å². The maximum atomic E-state index is 12.5. The summed E-state index contributed by atoms with van der Waals surface area (Å²) in [7, 11) is 0. The molecule has 7 heteroatoms. The monoisotopic (exact) mass is 296 g/mol. The number of hydrazine groups is 1. The number of nitrogens with zero attached hydrogens (tertiary/aromatic N) is 2. The van der Waals surface area contributed by atoms with E-state index in [4.69, 9.17) is 5.84 Å². The van der Waals surface area contributed by atoms with Crippen molar-refractivity contribution >= 4 is 0 Å². The molecule has 2 rings (SSSR count). The molecule has 0 saturated carbocycles. The third-order valence-electron chi connectivity index (χ3n) is 3.08. The van der Waals surface area contributed by atoms with Crippen LogP contribution in [0, 0.1) is 6.92 Å². The molecule has 1 atom stereocenters. The summed E-state index contributed by atoms with van der Waals surface area (Å²) in [6.45, 7) is 1.82. The number of nitrogens with one attached hydrogen (secondary N) is 1. The molecule has 0 aliphatic heterocycles. The highest BCUT2D eigenvalue weighted by Crippen LogP contribution is 2.29. The van der Waals surface area contributed by atoms with E-state index in [2.05, 4.69) is 15.4 Å². The fraction of sp³-hybridized carbons (Fsp3) is 0.286. The molecule has 0 radical (unpaired) electrons. The number of hydrogen-bond acceptors (Lipinski definition) is 4. The second-order valence-corrected chi connectivity index (χ2v) is 4.70. The molecule has 2 aromatic rings. The lowest BCUT2D eigenvalue weighted by molar-refractivity contribution is -0.137. The normalized spacial score (nSPS) is 13.2. The Kier molecular flexibility index (Phi) is 4.54. The summed E-state index contributed by atoms with van der Waals surface area (Å²) in [6, 6.07) is 4.69. The van der Waals surface area contributed by atoms with Crippen molar-refractivity contribution in [2.24, 2.45) is 5.84 Å². The van der Waals surface area contributed by atoms with E-state index in [1.54, 1.807) is 12.4 Å². The first-order chi connectivity index (χ1) is 9.90. The van der Waals surface area contributed by atoms with Crippen LogP contribution in [0.3, 0.4) is 0 Å². The fourth-order valence-corrected chi connectivity index (χ4v) is 1.90. The minimum Gasteiger partial charge on any atom is -0.271 e. The maximum absolute atomic E-state index is 12.5. The van der Waals surface area contributed by atoms with E-state index in [-0.39, 0.29) is 6.04 Å². The molecule has 0 aliphatic rings. The van der Waals surface area contributed by atoms with Crippen LogP contribution >= 0.6 is 0 Å². The molecular weight excluding hydrogens is 281 g/mol. The quantitative estimate of drug-likeness (QED) is 0.672. The van der Waals surface area contributed by atoms with Crippen LogP contribution in [-0.2, 0) is 12.6 Å². The third-order valence-corrected chi connectivity index (χ3v) is 3.08. The number of benzene rings is 1. The number of rotatable bonds is 4. The Labute approximate surface area is 120 Å². The van der Waals surface area contributed by atoms with Gasteiger partial charge >= 0.3 is 6.18 Å². The first-order valence-electron chi connectivity index (χ1n) is 6.31. The summed E-state index contributed by atoms with van der Waals surface area (Å²) in [5.74, 6) is 5.49. The molecule has 21 heavy (non-hydrogen) atoms. The van der Waals surface area contributed by atoms with Gasteiger partial charge in [0.1, 0.15) is 0 Å². The van der Waals surface area contributed by atoms with Gasteiger partial charge < -0.3 is 0 Å². The van der Waals surface area contributed by atoms with Gasteiger partial charge in [-0.25, -0.2) is 0 Å². The van der Waals surface area contributed by atoms with Crippen LogP contribution in [0.4, 0.5) is 13.2 Å². The van der Waals surface area contributed by atoms with Crippen LogP contribution < -0.4 is 11.3 Å². The van der Waals surface area contributed by atoms with Gasteiger partial charge in [0, 0.05) is 6.20 Å². The topological polar surface area (TPSA) is 63.8 Å². The van der Waals surface area contributed by atoms with E-state index in [1.165, 1.54) is 12.1 Å². The van der Waals surface area contributed by atoms with Crippen LogP contribution in [0.5, 0.6) is 0 Å². The Hall–Kier alpha value is -1.99. The zero-order valence-corrected chi connectivity index (χ0v) is 11.4. The average molecular weight is 296 g/mol. The largest absolute Gasteiger partial charge is 0.416 e. The van der Waals surface area contributed by atoms with Gasteiger partial charge in [0.2, 0.25) is 0 Å². The molecule has 0 fully saturated rings. The van der Waals surface area contributed by atoms with E-state index in [0.29, 0.717) is 12.1 Å². The van der Waals surface area contributed by atoms with E-state index in [0.717, 1.165) is 23.4 Å². The number of aryl methyl sites for hydroxylation is 1. The minimum absolute atomic E-state index is 0.310. The lowest BCUT2D eigenvalue weighted by atomic mass is 10.0. The predicted molar refractivity (Wildman–Crippen MR) is 72.0 cm³/mol. The Bertz CT molecular complexity index is 579. The van der Waals surface area contributed by atoms with E-state index in [9.17, 15) is 13.2 Å². The molecule has 1 aromatic carbocycles. The molecule has 112 valence electrons. The average Bonchev–Trinajstić information content (AvgIpc) is 2.45. The van der Waals surface area contributed by atoms with Crippen LogP contribution in [0.2, 0.25) is 0 Å². The molecule has 0 bridgehead atoms. The Morgan fingerprint density at radius 2 is 1.81 bits per heavy atom. The highest BCUT2D eigenvalue weighted by molar-refractivity contribution is 5.26. The highest BCUT2D eigenvalue weighted by Gasteiger charge is 2.30. The molecular formula is C14H15F3N4. The van der Waals surface area contributed by atoms with E-state index in [1.807, 2.05) is 6.92 Å². The molecule has 0 aliphatic carbocycles. The number of halogens is 3. The van der Waals surface area contributed by atoms with Crippen molar-refractivity contribution < 1.29 is 13.2 Å². The van der Waals surface area contributed by atoms with Crippen molar-refractivity contribution in [3.63, 3.8) is 0 Å². The highest BCUT2D eigenvalue weighted by atomic mass is 19.4. The van der Waals surface area contributed by atoms with E-state index < -0.39 is 11.7 Å². The second kappa shape index (κ2) is 6.19. The number of nitrogens with two attached hydrogens (primary N) is 1. The molecule has 0 amide bonds. The molecule has 0 saturated heterocycles. The first kappa shape index (κ1) is 15.4. The van der Waals surface area contributed by atoms with Gasteiger partial charge in [-0.1, -0.05) is 12.1 Å². The smallest absolute Gasteiger partial charge is 0.271 e. The lowest BCUT2D eigenvalue weighted by Crippen LogP contribution is -2.30. The molecule has 0 spiro atoms. The zero-order chi connectivity index (χ0) is 15.5. The van der Waals surface area contributed by atoms with Gasteiger partial charge in [-0.2, -0.15) is 13.2 Å². The van der Waals surface area contributed by atoms with Gasteiger partial charge in [-0.15, -0.1) is 0 Å². The van der Waals surface area contributed by atoms with Gasteiger partial charge in [0.25, 0.3) is 0 Å². The maximum Gasteiger partial charge on any atom is 0.416 e. The van der Waals surface area contributed by atoms with Crippen molar-refractivity contribution in [2.45, 2.75) is 25.6 Å². The summed E-state index contributed by atoms with van der Waals surface area (Å²) in [5, 5.41) is 0. The molecule has 1 aromatic heterocycles. The predicted octanol–water partition coefficient (Wildman–Crippen LogP) is 2.55. The minimum atomic E-state index is -4.33. The second-order valence-electron chi connectivity index (χ2n) is 4.70. The summed E-state index contributed by atoms with van der Waals surface area (Å²) < 4.78 is 37.5. The zero-order valence-electron chi connectivity index (χ0n) is 11.4. The van der Waals surface area contributed by atoms with Crippen molar-refractivity contribution in [1.82, 2.24) is 15.4 Å². The van der Waals surface area contributed by atoms with Crippen molar-refractivity contribution in [1.29, 1.82) is 0 Å². The molecule has 4 nitrogen and oxygen atoms in total. The number of hydrogen-bond donors (Lipinski definition) is 2. The van der Waals surface area contributed by atoms with Gasteiger partial charge in [-0.3, -0.25) is 21.2 Å². The number of alkyl halides is 3. The van der Waals surface area contributed by atoms with E-state index >= 15 is 0 Å². The van der Waals surface area contributed by atoms with Crippen molar-refractivity contribution in [3.8, 4) is 0 Å². The summed E-state index contributed by atoms with van der Waals surface area (Å²) in [5.41, 5.74) is 4.09. The Morgan fingerprint density at radius 3 is 2.29 bits per heavy atom. The Balaban J connectivity index is 2.13. The molecule has 1 heterocycles. The summed E-state index contributed by atoms with van der Waals surface area (Å²) in [4.78, 5) is 8.35. The standard InChI is InChI=1S/C14H15F3N4/c1-9-7-20-13(8-19-9)12(21-18)6-10-2-4-11(5-3-10)14(15,16)17/h2-5,7-8,12,21H,6,18H2,1H3. The van der Waals surface area contributed by atoms with Crippen molar-refractivity contribution in [3.05, 3.63) is 59.2 Å². The van der Waals surface area contributed by atoms with Gasteiger partial charge in [-0.05, 0) is 31.0 Å². The summed E-state index contributed by atoms with van der Waals surface area (Å²) >= 11 is 0. The third kappa shape index (κ3) is 3.99. The van der Waals surface area contributed by atoms with Crippen LogP contribution in [0.1, 0.15) is 28.6 Å². The van der Waals surface area contributed by atoms with Crippen molar-refractivity contribution in [2.75, 3.05) is 0 Å². The van der Waals surface area contributed by atoms with Crippen LogP contribution in [-0.4, -0.2) is 9.97 Å². The lowest BCUT2D eigenvalue weighted by Gasteiger charge is -2.15. The SMILES string of the molecule is Cc1cnc(C(Cc2ccc(C(F)(F)F)cc2)NN)cn1. The van der Waals surface area contributed by atoms with Crippen LogP contribution in [0.25, 0.3) is 0 Å².